The monoisotopic (exact) mass is 274 g/mol. The Morgan fingerprint density at radius 2 is 1.76 bits per heavy atom. The number of carbonyl (C=O) groups is 1. The van der Waals surface area contributed by atoms with Gasteiger partial charge in [-0.2, -0.15) is 0 Å². The molecule has 0 aromatic carbocycles. The van der Waals surface area contributed by atoms with Crippen molar-refractivity contribution in [2.24, 2.45) is 0 Å². The molecule has 94 valence electrons. The van der Waals surface area contributed by atoms with Gasteiger partial charge < -0.3 is 19.5 Å². The van der Waals surface area contributed by atoms with Crippen molar-refractivity contribution in [3.05, 3.63) is 0 Å². The topological polar surface area (TPSA) is 101 Å². The van der Waals surface area contributed by atoms with Gasteiger partial charge in [0.1, 0.15) is 10.1 Å². The van der Waals surface area contributed by atoms with Crippen LogP contribution in [0.25, 0.3) is 0 Å². The van der Waals surface area contributed by atoms with E-state index in [1.165, 1.54) is 9.80 Å². The van der Waals surface area contributed by atoms with Crippen LogP contribution in [0.1, 0.15) is 12.8 Å². The average Bonchev–Trinajstić information content (AvgIpc) is 2.16. The van der Waals surface area contributed by atoms with Gasteiger partial charge in [-0.25, -0.2) is 13.2 Å². The fourth-order valence-electron chi connectivity index (χ4n) is 1.58. The molecule has 0 aliphatic carbocycles. The van der Waals surface area contributed by atoms with Crippen molar-refractivity contribution >= 4 is 16.1 Å². The Balaban J connectivity index is 0.00000256. The SMILES string of the molecule is CN(C)C(=O)N1CCC(O)(S(=O)(=O)[O-])CC1.[Na+]. The van der Waals surface area contributed by atoms with Crippen LogP contribution in [0.2, 0.25) is 0 Å². The molecule has 0 bridgehead atoms. The van der Waals surface area contributed by atoms with Crippen LogP contribution in [0, 0.1) is 0 Å². The first kappa shape index (κ1) is 17.1. The Labute approximate surface area is 123 Å². The van der Waals surface area contributed by atoms with Crippen molar-refractivity contribution in [2.75, 3.05) is 27.2 Å². The predicted molar refractivity (Wildman–Crippen MR) is 54.5 cm³/mol. The molecule has 7 nitrogen and oxygen atoms in total. The van der Waals surface area contributed by atoms with Gasteiger partial charge in [-0.05, 0) is 0 Å². The molecular weight excluding hydrogens is 259 g/mol. The third kappa shape index (κ3) is 3.80. The summed E-state index contributed by atoms with van der Waals surface area (Å²) in [5.74, 6) is 0. The number of likely N-dealkylation sites (tertiary alicyclic amines) is 1. The fourth-order valence-corrected chi connectivity index (χ4v) is 2.26. The van der Waals surface area contributed by atoms with E-state index in [-0.39, 0.29) is 61.5 Å². The first-order valence-corrected chi connectivity index (χ1v) is 6.22. The van der Waals surface area contributed by atoms with Crippen molar-refractivity contribution in [2.45, 2.75) is 17.8 Å². The van der Waals surface area contributed by atoms with Crippen LogP contribution in [-0.2, 0) is 10.1 Å². The zero-order valence-corrected chi connectivity index (χ0v) is 13.0. The minimum absolute atomic E-state index is 0. The summed E-state index contributed by atoms with van der Waals surface area (Å²) in [5, 5.41) is 9.59. The Kier molecular flexibility index (Phi) is 5.90. The molecule has 0 atom stereocenters. The van der Waals surface area contributed by atoms with E-state index in [0.29, 0.717) is 0 Å². The van der Waals surface area contributed by atoms with E-state index in [1.807, 2.05) is 0 Å². The van der Waals surface area contributed by atoms with Gasteiger partial charge in [0.05, 0.1) is 0 Å². The van der Waals surface area contributed by atoms with E-state index >= 15 is 0 Å². The van der Waals surface area contributed by atoms with Gasteiger partial charge >= 0.3 is 35.6 Å². The summed E-state index contributed by atoms with van der Waals surface area (Å²) < 4.78 is 32.4. The van der Waals surface area contributed by atoms with Crippen molar-refractivity contribution in [1.82, 2.24) is 9.80 Å². The Bertz CT molecular complexity index is 375. The number of hydrogen-bond donors (Lipinski definition) is 1. The molecular formula is C8H15N2NaO5S. The second-order valence-corrected chi connectivity index (χ2v) is 5.73. The Morgan fingerprint density at radius 1 is 1.35 bits per heavy atom. The van der Waals surface area contributed by atoms with E-state index in [1.54, 1.807) is 14.1 Å². The van der Waals surface area contributed by atoms with Gasteiger partial charge in [-0.15, -0.1) is 0 Å². The molecule has 0 unspecified atom stereocenters. The third-order valence-corrected chi connectivity index (χ3v) is 4.00. The number of rotatable bonds is 1. The molecule has 1 rings (SSSR count). The Hall–Kier alpha value is 0.140. The quantitative estimate of drug-likeness (QED) is 0.388. The number of carbonyl (C=O) groups excluding carboxylic acids is 1. The molecule has 0 spiro atoms. The summed E-state index contributed by atoms with van der Waals surface area (Å²) in [7, 11) is -1.59. The molecule has 1 saturated heterocycles. The summed E-state index contributed by atoms with van der Waals surface area (Å²) in [5.41, 5.74) is 0. The molecule has 0 aromatic heterocycles. The van der Waals surface area contributed by atoms with Gasteiger partial charge in [0.15, 0.2) is 4.93 Å². The minimum atomic E-state index is -4.74. The normalized spacial score (nSPS) is 19.4. The first-order chi connectivity index (χ1) is 7.17. The molecule has 0 radical (unpaired) electrons. The summed E-state index contributed by atoms with van der Waals surface area (Å²) in [4.78, 5) is 12.0. The van der Waals surface area contributed by atoms with Gasteiger partial charge in [-0.3, -0.25) is 0 Å². The molecule has 1 fully saturated rings. The maximum absolute atomic E-state index is 11.5. The molecule has 1 aliphatic heterocycles. The van der Waals surface area contributed by atoms with E-state index in [0.717, 1.165) is 0 Å². The Morgan fingerprint density at radius 3 is 2.06 bits per heavy atom. The van der Waals surface area contributed by atoms with Gasteiger partial charge in [0, 0.05) is 40.0 Å². The van der Waals surface area contributed by atoms with Crippen LogP contribution >= 0.6 is 0 Å². The molecule has 1 heterocycles. The van der Waals surface area contributed by atoms with E-state index < -0.39 is 15.1 Å². The van der Waals surface area contributed by atoms with E-state index in [2.05, 4.69) is 0 Å². The standard InChI is InChI=1S/C8H16N2O5S.Na/c1-9(2)7(11)10-5-3-8(12,4-6-10)16(13,14)15;/h12H,3-6H2,1-2H3,(H,13,14,15);/q;+1/p-1. The summed E-state index contributed by atoms with van der Waals surface area (Å²) >= 11 is 0. The van der Waals surface area contributed by atoms with Crippen molar-refractivity contribution in [1.29, 1.82) is 0 Å². The number of aliphatic hydroxyl groups is 1. The second-order valence-electron chi connectivity index (χ2n) is 4.06. The molecule has 17 heavy (non-hydrogen) atoms. The smallest absolute Gasteiger partial charge is 0.746 e. The number of urea groups is 1. The molecule has 9 heteroatoms. The first-order valence-electron chi connectivity index (χ1n) is 4.81. The fraction of sp³-hybridized carbons (Fsp3) is 0.875. The van der Waals surface area contributed by atoms with Gasteiger partial charge in [0.25, 0.3) is 0 Å². The largest absolute Gasteiger partial charge is 1.00 e. The number of nitrogens with zero attached hydrogens (tertiary/aromatic N) is 2. The van der Waals surface area contributed by atoms with Gasteiger partial charge in [-0.1, -0.05) is 0 Å². The van der Waals surface area contributed by atoms with Crippen LogP contribution in [-0.4, -0.2) is 66.0 Å². The summed E-state index contributed by atoms with van der Waals surface area (Å²) in [6, 6.07) is -0.259. The van der Waals surface area contributed by atoms with Crippen molar-refractivity contribution < 1.29 is 52.4 Å². The van der Waals surface area contributed by atoms with Crippen LogP contribution in [0.5, 0.6) is 0 Å². The maximum atomic E-state index is 11.5. The van der Waals surface area contributed by atoms with Crippen molar-refractivity contribution in [3.8, 4) is 0 Å². The number of piperidine rings is 1. The minimum Gasteiger partial charge on any atom is -0.746 e. The molecule has 0 saturated carbocycles. The number of hydrogen-bond acceptors (Lipinski definition) is 5. The predicted octanol–water partition coefficient (Wildman–Crippen LogP) is -4.00. The zero-order valence-electron chi connectivity index (χ0n) is 10.2. The molecule has 1 N–H and O–H groups in total. The zero-order chi connectivity index (χ0) is 12.6. The second kappa shape index (κ2) is 5.85. The van der Waals surface area contributed by atoms with E-state index in [4.69, 9.17) is 0 Å². The van der Waals surface area contributed by atoms with Crippen molar-refractivity contribution in [3.63, 3.8) is 0 Å². The van der Waals surface area contributed by atoms with Crippen LogP contribution in [0.3, 0.4) is 0 Å². The maximum Gasteiger partial charge on any atom is 1.00 e. The van der Waals surface area contributed by atoms with E-state index in [9.17, 15) is 22.9 Å². The van der Waals surface area contributed by atoms with Crippen LogP contribution in [0.15, 0.2) is 0 Å². The molecule has 1 aliphatic rings. The summed E-state index contributed by atoms with van der Waals surface area (Å²) in [6.45, 7) is 0.129. The average molecular weight is 274 g/mol. The molecule has 0 aromatic rings. The third-order valence-electron chi connectivity index (χ3n) is 2.66. The summed E-state index contributed by atoms with van der Waals surface area (Å²) in [6.07, 6.45) is -0.475. The van der Waals surface area contributed by atoms with Crippen LogP contribution < -0.4 is 29.6 Å². The van der Waals surface area contributed by atoms with Crippen LogP contribution in [0.4, 0.5) is 4.79 Å². The van der Waals surface area contributed by atoms with Gasteiger partial charge in [0.2, 0.25) is 0 Å². The number of amides is 2. The molecule has 2 amide bonds.